The Bertz CT molecular complexity index is 524. The number of aromatic nitrogens is 4. The lowest BCUT2D eigenvalue weighted by Gasteiger charge is -2.11. The molecular weight excluding hydrogens is 250 g/mol. The van der Waals surface area contributed by atoms with Gasteiger partial charge < -0.3 is 5.32 Å². The van der Waals surface area contributed by atoms with Gasteiger partial charge in [-0.25, -0.2) is 0 Å². The number of nitrogens with one attached hydrogen (secondary N) is 1. The normalized spacial score (nSPS) is 11.7. The molecule has 0 atom stereocenters. The molecule has 0 aliphatic heterocycles. The molecule has 0 aliphatic rings. The van der Waals surface area contributed by atoms with Gasteiger partial charge in [0.15, 0.2) is 0 Å². The number of rotatable bonds is 7. The smallest absolute Gasteiger partial charge is 0.0762 e. The molecule has 1 N–H and O–H groups in total. The van der Waals surface area contributed by atoms with Gasteiger partial charge in [-0.2, -0.15) is 10.2 Å². The van der Waals surface area contributed by atoms with Crippen molar-refractivity contribution in [2.45, 2.75) is 53.4 Å². The molecule has 0 saturated carbocycles. The third-order valence-electron chi connectivity index (χ3n) is 3.10. The Morgan fingerprint density at radius 2 is 1.95 bits per heavy atom. The second-order valence-electron chi connectivity index (χ2n) is 5.89. The van der Waals surface area contributed by atoms with E-state index < -0.39 is 0 Å². The minimum atomic E-state index is 0.395. The molecule has 110 valence electrons. The summed E-state index contributed by atoms with van der Waals surface area (Å²) < 4.78 is 4.06. The van der Waals surface area contributed by atoms with Crippen LogP contribution >= 0.6 is 0 Å². The zero-order valence-corrected chi connectivity index (χ0v) is 12.9. The van der Waals surface area contributed by atoms with Crippen LogP contribution in [0.3, 0.4) is 0 Å². The summed E-state index contributed by atoms with van der Waals surface area (Å²) in [5, 5.41) is 12.3. The maximum absolute atomic E-state index is 4.56. The fourth-order valence-corrected chi connectivity index (χ4v) is 2.24. The van der Waals surface area contributed by atoms with Crippen molar-refractivity contribution in [3.05, 3.63) is 35.9 Å². The van der Waals surface area contributed by atoms with Crippen LogP contribution in [0.2, 0.25) is 0 Å². The average Bonchev–Trinajstić information content (AvgIpc) is 2.98. The molecule has 2 rings (SSSR count). The van der Waals surface area contributed by atoms with Crippen LogP contribution in [0, 0.1) is 5.92 Å². The number of hydrogen-bond acceptors (Lipinski definition) is 3. The second kappa shape index (κ2) is 6.70. The summed E-state index contributed by atoms with van der Waals surface area (Å²) in [6, 6.07) is 4.53. The summed E-state index contributed by atoms with van der Waals surface area (Å²) >= 11 is 0. The molecule has 0 aromatic carbocycles. The molecular formula is C15H25N5. The van der Waals surface area contributed by atoms with E-state index in [9.17, 15) is 0 Å². The van der Waals surface area contributed by atoms with Gasteiger partial charge in [0, 0.05) is 38.1 Å². The maximum Gasteiger partial charge on any atom is 0.0762 e. The second-order valence-corrected chi connectivity index (χ2v) is 5.89. The zero-order chi connectivity index (χ0) is 14.5. The van der Waals surface area contributed by atoms with Crippen molar-refractivity contribution in [1.82, 2.24) is 24.9 Å². The summed E-state index contributed by atoms with van der Waals surface area (Å²) in [6.07, 6.45) is 3.91. The predicted molar refractivity (Wildman–Crippen MR) is 80.2 cm³/mol. The highest BCUT2D eigenvalue weighted by Crippen LogP contribution is 2.08. The lowest BCUT2D eigenvalue weighted by atomic mass is 10.2. The van der Waals surface area contributed by atoms with Crippen molar-refractivity contribution in [1.29, 1.82) is 0 Å². The quantitative estimate of drug-likeness (QED) is 0.845. The molecule has 5 nitrogen and oxygen atoms in total. The molecule has 0 aliphatic carbocycles. The highest BCUT2D eigenvalue weighted by atomic mass is 15.3. The minimum Gasteiger partial charge on any atom is -0.305 e. The Morgan fingerprint density at radius 3 is 2.65 bits per heavy atom. The average molecular weight is 275 g/mol. The zero-order valence-electron chi connectivity index (χ0n) is 12.9. The SMILES string of the molecule is CC(C)Cn1ccc(CNCc2ccnn2C(C)C)n1. The van der Waals surface area contributed by atoms with Gasteiger partial charge in [0.25, 0.3) is 0 Å². The Hall–Kier alpha value is -1.62. The summed E-state index contributed by atoms with van der Waals surface area (Å²) in [5.41, 5.74) is 2.29. The maximum atomic E-state index is 4.56. The molecule has 5 heteroatoms. The molecule has 2 aromatic heterocycles. The molecule has 0 saturated heterocycles. The van der Waals surface area contributed by atoms with Crippen LogP contribution in [0.5, 0.6) is 0 Å². The molecule has 0 unspecified atom stereocenters. The van der Waals surface area contributed by atoms with Crippen LogP contribution in [0.4, 0.5) is 0 Å². The van der Waals surface area contributed by atoms with Crippen molar-refractivity contribution >= 4 is 0 Å². The first-order valence-corrected chi connectivity index (χ1v) is 7.31. The van der Waals surface area contributed by atoms with Gasteiger partial charge in [-0.05, 0) is 31.9 Å². The van der Waals surface area contributed by atoms with Crippen LogP contribution < -0.4 is 5.32 Å². The number of nitrogens with zero attached hydrogens (tertiary/aromatic N) is 4. The monoisotopic (exact) mass is 275 g/mol. The van der Waals surface area contributed by atoms with Gasteiger partial charge >= 0.3 is 0 Å². The van der Waals surface area contributed by atoms with E-state index in [2.05, 4.69) is 61.5 Å². The lowest BCUT2D eigenvalue weighted by molar-refractivity contribution is 0.474. The topological polar surface area (TPSA) is 47.7 Å². The van der Waals surface area contributed by atoms with Crippen LogP contribution in [-0.4, -0.2) is 19.6 Å². The van der Waals surface area contributed by atoms with Gasteiger partial charge in [-0.15, -0.1) is 0 Å². The van der Waals surface area contributed by atoms with Gasteiger partial charge in [0.05, 0.1) is 11.4 Å². The van der Waals surface area contributed by atoms with E-state index in [1.165, 1.54) is 5.69 Å². The van der Waals surface area contributed by atoms with Crippen molar-refractivity contribution in [2.24, 2.45) is 5.92 Å². The molecule has 0 bridgehead atoms. The van der Waals surface area contributed by atoms with E-state index in [0.29, 0.717) is 12.0 Å². The van der Waals surface area contributed by atoms with Crippen molar-refractivity contribution in [3.63, 3.8) is 0 Å². The summed E-state index contributed by atoms with van der Waals surface area (Å²) in [5.74, 6) is 0.621. The van der Waals surface area contributed by atoms with Gasteiger partial charge in [-0.3, -0.25) is 9.36 Å². The highest BCUT2D eigenvalue weighted by molar-refractivity contribution is 5.03. The minimum absolute atomic E-state index is 0.395. The summed E-state index contributed by atoms with van der Waals surface area (Å²) in [7, 11) is 0. The first kappa shape index (κ1) is 14.8. The Labute approximate surface area is 121 Å². The summed E-state index contributed by atoms with van der Waals surface area (Å²) in [6.45, 7) is 11.3. The highest BCUT2D eigenvalue weighted by Gasteiger charge is 2.06. The predicted octanol–water partition coefficient (Wildman–Crippen LogP) is 2.61. The largest absolute Gasteiger partial charge is 0.305 e. The van der Waals surface area contributed by atoms with Crippen molar-refractivity contribution in [3.8, 4) is 0 Å². The molecule has 0 radical (unpaired) electrons. The van der Waals surface area contributed by atoms with E-state index in [0.717, 1.165) is 25.3 Å². The fraction of sp³-hybridized carbons (Fsp3) is 0.600. The molecule has 2 aromatic rings. The van der Waals surface area contributed by atoms with Gasteiger partial charge in [-0.1, -0.05) is 13.8 Å². The van der Waals surface area contributed by atoms with E-state index in [4.69, 9.17) is 0 Å². The number of hydrogen-bond donors (Lipinski definition) is 1. The molecule has 0 fully saturated rings. The standard InChI is InChI=1S/C15H25N5/c1-12(2)11-19-8-6-14(18-19)9-16-10-15-5-7-17-20(15)13(3)4/h5-8,12-13,16H,9-11H2,1-4H3. The van der Waals surface area contributed by atoms with Gasteiger partial charge in [0.1, 0.15) is 0 Å². The third kappa shape index (κ3) is 3.93. The van der Waals surface area contributed by atoms with Crippen molar-refractivity contribution in [2.75, 3.05) is 0 Å². The third-order valence-corrected chi connectivity index (χ3v) is 3.10. The lowest BCUT2D eigenvalue weighted by Crippen LogP contribution is -2.18. The Balaban J connectivity index is 1.83. The van der Waals surface area contributed by atoms with E-state index >= 15 is 0 Å². The summed E-state index contributed by atoms with van der Waals surface area (Å²) in [4.78, 5) is 0. The molecule has 2 heterocycles. The van der Waals surface area contributed by atoms with Crippen LogP contribution in [-0.2, 0) is 19.6 Å². The van der Waals surface area contributed by atoms with Crippen LogP contribution in [0.1, 0.15) is 45.1 Å². The van der Waals surface area contributed by atoms with Crippen LogP contribution in [0.15, 0.2) is 24.5 Å². The first-order valence-electron chi connectivity index (χ1n) is 7.31. The fourth-order valence-electron chi connectivity index (χ4n) is 2.24. The molecule has 0 spiro atoms. The van der Waals surface area contributed by atoms with E-state index in [-0.39, 0.29) is 0 Å². The molecule has 20 heavy (non-hydrogen) atoms. The Morgan fingerprint density at radius 1 is 1.15 bits per heavy atom. The Kier molecular flexibility index (Phi) is 4.95. The van der Waals surface area contributed by atoms with E-state index in [1.54, 1.807) is 0 Å². The van der Waals surface area contributed by atoms with Gasteiger partial charge in [0.2, 0.25) is 0 Å². The van der Waals surface area contributed by atoms with E-state index in [1.807, 2.05) is 15.6 Å². The molecule has 0 amide bonds. The van der Waals surface area contributed by atoms with Crippen molar-refractivity contribution < 1.29 is 0 Å². The van der Waals surface area contributed by atoms with Crippen LogP contribution in [0.25, 0.3) is 0 Å². The first-order chi connectivity index (χ1) is 9.56.